The number of carbonyl (C=O) groups excluding carboxylic acids is 2. The van der Waals surface area contributed by atoms with Gasteiger partial charge in [-0.1, -0.05) is 29.3 Å². The Morgan fingerprint density at radius 2 is 2.05 bits per heavy atom. The normalized spacial score (nSPS) is 20.2. The summed E-state index contributed by atoms with van der Waals surface area (Å²) >= 11 is 11.7. The number of allylic oxidation sites excluding steroid dienone is 1. The molecule has 0 bridgehead atoms. The molecule has 1 aliphatic rings. The molecule has 1 aliphatic heterocycles. The van der Waals surface area contributed by atoms with E-state index < -0.39 is 11.9 Å². The highest BCUT2D eigenvalue weighted by Gasteiger charge is 2.37. The van der Waals surface area contributed by atoms with E-state index in [0.717, 1.165) is 0 Å². The fourth-order valence-electron chi connectivity index (χ4n) is 1.91. The molecule has 1 aromatic carbocycles. The van der Waals surface area contributed by atoms with E-state index in [1.807, 2.05) is 0 Å². The van der Waals surface area contributed by atoms with Crippen LogP contribution >= 0.6 is 23.2 Å². The van der Waals surface area contributed by atoms with E-state index in [0.29, 0.717) is 21.3 Å². The summed E-state index contributed by atoms with van der Waals surface area (Å²) in [5, 5.41) is 0.815. The van der Waals surface area contributed by atoms with Crippen LogP contribution in [0.3, 0.4) is 0 Å². The van der Waals surface area contributed by atoms with Crippen molar-refractivity contribution in [3.05, 3.63) is 39.5 Å². The number of carbonyl (C=O) groups is 2. The Kier molecular flexibility index (Phi) is 4.26. The van der Waals surface area contributed by atoms with Crippen LogP contribution in [0.15, 0.2) is 28.9 Å². The molecule has 0 saturated carbocycles. The summed E-state index contributed by atoms with van der Waals surface area (Å²) in [5.41, 5.74) is 1.31. The van der Waals surface area contributed by atoms with Gasteiger partial charge in [-0.25, -0.2) is 0 Å². The van der Waals surface area contributed by atoms with Gasteiger partial charge in [0.15, 0.2) is 5.92 Å². The molecule has 104 valence electrons. The van der Waals surface area contributed by atoms with E-state index in [1.54, 1.807) is 31.2 Å². The second kappa shape index (κ2) is 5.77. The Hall–Kier alpha value is -1.65. The smallest absolute Gasteiger partial charge is 0.322 e. The first-order chi connectivity index (χ1) is 9.43. The summed E-state index contributed by atoms with van der Waals surface area (Å²) in [6.45, 7) is 1.62. The molecule has 0 amide bonds. The molecule has 2 rings (SSSR count). The average Bonchev–Trinajstić information content (AvgIpc) is 2.68. The minimum absolute atomic E-state index is 0.205. The Morgan fingerprint density at radius 1 is 1.35 bits per heavy atom. The lowest BCUT2D eigenvalue weighted by atomic mass is 10.0. The van der Waals surface area contributed by atoms with Crippen molar-refractivity contribution in [2.24, 2.45) is 10.9 Å². The molecule has 0 N–H and O–H groups in total. The maximum atomic E-state index is 12.1. The van der Waals surface area contributed by atoms with Crippen molar-refractivity contribution in [3.63, 3.8) is 0 Å². The highest BCUT2D eigenvalue weighted by atomic mass is 35.5. The molecule has 0 spiro atoms. The number of esters is 1. The van der Waals surface area contributed by atoms with E-state index in [-0.39, 0.29) is 11.5 Å². The van der Waals surface area contributed by atoms with Gasteiger partial charge in [-0.3, -0.25) is 14.6 Å². The summed E-state index contributed by atoms with van der Waals surface area (Å²) < 4.78 is 4.60. The number of methoxy groups -OCH3 is 1. The third kappa shape index (κ3) is 2.76. The molecule has 20 heavy (non-hydrogen) atoms. The minimum atomic E-state index is -0.950. The molecule has 0 aromatic heterocycles. The monoisotopic (exact) mass is 311 g/mol. The second-order valence-electron chi connectivity index (χ2n) is 4.28. The van der Waals surface area contributed by atoms with E-state index in [9.17, 15) is 9.59 Å². The number of aliphatic imine (C=N–C) groups is 1. The number of hydrogen-bond acceptors (Lipinski definition) is 4. The van der Waals surface area contributed by atoms with Gasteiger partial charge in [-0.05, 0) is 30.7 Å². The first kappa shape index (κ1) is 14.8. The molecule has 1 aromatic rings. The van der Waals surface area contributed by atoms with Crippen molar-refractivity contribution in [1.29, 1.82) is 0 Å². The van der Waals surface area contributed by atoms with Crippen LogP contribution in [0.25, 0.3) is 6.08 Å². The van der Waals surface area contributed by atoms with Crippen molar-refractivity contribution in [2.45, 2.75) is 6.92 Å². The molecule has 1 atom stereocenters. The van der Waals surface area contributed by atoms with Crippen molar-refractivity contribution < 1.29 is 14.3 Å². The van der Waals surface area contributed by atoms with Crippen LogP contribution in [0.1, 0.15) is 12.5 Å². The van der Waals surface area contributed by atoms with E-state index >= 15 is 0 Å². The lowest BCUT2D eigenvalue weighted by Crippen LogP contribution is -2.27. The number of hydrogen-bond donors (Lipinski definition) is 0. The number of rotatable bonds is 2. The zero-order chi connectivity index (χ0) is 14.9. The van der Waals surface area contributed by atoms with Crippen molar-refractivity contribution >= 4 is 46.7 Å². The largest absolute Gasteiger partial charge is 0.468 e. The lowest BCUT2D eigenvalue weighted by molar-refractivity contribution is -0.145. The van der Waals surface area contributed by atoms with Crippen LogP contribution in [0, 0.1) is 5.92 Å². The Labute approximate surface area is 126 Å². The van der Waals surface area contributed by atoms with Crippen molar-refractivity contribution in [2.75, 3.05) is 7.11 Å². The van der Waals surface area contributed by atoms with Crippen molar-refractivity contribution in [1.82, 2.24) is 0 Å². The van der Waals surface area contributed by atoms with Gasteiger partial charge >= 0.3 is 5.97 Å². The van der Waals surface area contributed by atoms with Crippen LogP contribution in [0.2, 0.25) is 10.0 Å². The van der Waals surface area contributed by atoms with Gasteiger partial charge in [-0.2, -0.15) is 0 Å². The molecular weight excluding hydrogens is 301 g/mol. The first-order valence-corrected chi connectivity index (χ1v) is 6.53. The van der Waals surface area contributed by atoms with Gasteiger partial charge in [0, 0.05) is 5.71 Å². The maximum Gasteiger partial charge on any atom is 0.322 e. The Bertz CT molecular complexity index is 650. The summed E-state index contributed by atoms with van der Waals surface area (Å²) in [7, 11) is 1.24. The third-order valence-corrected chi connectivity index (χ3v) is 3.65. The quantitative estimate of drug-likeness (QED) is 0.479. The van der Waals surface area contributed by atoms with E-state index in [4.69, 9.17) is 23.2 Å². The van der Waals surface area contributed by atoms with E-state index in [1.165, 1.54) is 7.11 Å². The first-order valence-electron chi connectivity index (χ1n) is 5.78. The molecule has 0 radical (unpaired) electrons. The van der Waals surface area contributed by atoms with Crippen LogP contribution in [-0.2, 0) is 14.3 Å². The second-order valence-corrected chi connectivity index (χ2v) is 5.09. The van der Waals surface area contributed by atoms with E-state index in [2.05, 4.69) is 9.73 Å². The highest BCUT2D eigenvalue weighted by Crippen LogP contribution is 2.27. The molecule has 1 heterocycles. The third-order valence-electron chi connectivity index (χ3n) is 2.91. The number of nitrogens with zero attached hydrogens (tertiary/aromatic N) is 1. The molecule has 0 aliphatic carbocycles. The number of halogens is 2. The topological polar surface area (TPSA) is 55.7 Å². The van der Waals surface area contributed by atoms with Gasteiger partial charge in [-0.15, -0.1) is 0 Å². The molecule has 0 saturated heterocycles. The Morgan fingerprint density at radius 3 is 2.65 bits per heavy atom. The van der Waals surface area contributed by atoms with Crippen LogP contribution in [0.4, 0.5) is 0 Å². The predicted molar refractivity (Wildman–Crippen MR) is 78.1 cm³/mol. The lowest BCUT2D eigenvalue weighted by Gasteiger charge is -2.05. The van der Waals surface area contributed by atoms with Crippen molar-refractivity contribution in [3.8, 4) is 0 Å². The molecule has 4 nitrogen and oxygen atoms in total. The van der Waals surface area contributed by atoms with Crippen LogP contribution in [0.5, 0.6) is 0 Å². The number of benzene rings is 1. The van der Waals surface area contributed by atoms with Gasteiger partial charge in [0.25, 0.3) is 0 Å². The summed E-state index contributed by atoms with van der Waals surface area (Å²) in [5.74, 6) is -1.93. The number of ketones is 1. The number of ether oxygens (including phenoxy) is 1. The zero-order valence-corrected chi connectivity index (χ0v) is 12.3. The minimum Gasteiger partial charge on any atom is -0.468 e. The highest BCUT2D eigenvalue weighted by molar-refractivity contribution is 6.42. The SMILES string of the molecule is COC(=O)C1C(=O)/C(=C\c2ccc(Cl)c(Cl)c2)N=C1C. The van der Waals surface area contributed by atoms with Gasteiger partial charge < -0.3 is 4.74 Å². The number of Topliss-reactive ketones (excluding diaryl/α,β-unsaturated/α-hetero) is 1. The summed E-state index contributed by atoms with van der Waals surface area (Å²) in [4.78, 5) is 27.8. The molecule has 6 heteroatoms. The predicted octanol–water partition coefficient (Wildman–Crippen LogP) is 3.17. The average molecular weight is 312 g/mol. The van der Waals surface area contributed by atoms with Gasteiger partial charge in [0.1, 0.15) is 5.70 Å². The summed E-state index contributed by atoms with van der Waals surface area (Å²) in [6, 6.07) is 4.97. The van der Waals surface area contributed by atoms with Crippen LogP contribution in [-0.4, -0.2) is 24.6 Å². The zero-order valence-electron chi connectivity index (χ0n) is 10.8. The van der Waals surface area contributed by atoms with Crippen LogP contribution < -0.4 is 0 Å². The maximum absolute atomic E-state index is 12.1. The molecule has 0 fully saturated rings. The summed E-state index contributed by atoms with van der Waals surface area (Å²) in [6.07, 6.45) is 1.57. The fourth-order valence-corrected chi connectivity index (χ4v) is 2.21. The van der Waals surface area contributed by atoms with Gasteiger partial charge in [0.05, 0.1) is 17.2 Å². The Balaban J connectivity index is 2.35. The fraction of sp³-hybridized carbons (Fsp3) is 0.214. The molecule has 1 unspecified atom stereocenters. The van der Waals surface area contributed by atoms with Gasteiger partial charge in [0.2, 0.25) is 5.78 Å². The standard InChI is InChI=1S/C14H11Cl2NO3/c1-7-12(14(19)20-2)13(18)11(17-7)6-8-3-4-9(15)10(16)5-8/h3-6,12H,1-2H3/b11-6+. The molecular formula is C14H11Cl2NO3.